The van der Waals surface area contributed by atoms with Crippen molar-refractivity contribution < 1.29 is 4.79 Å². The lowest BCUT2D eigenvalue weighted by molar-refractivity contribution is 0.102. The van der Waals surface area contributed by atoms with Gasteiger partial charge in [0.1, 0.15) is 5.56 Å². The van der Waals surface area contributed by atoms with E-state index >= 15 is 0 Å². The average molecular weight is 334 g/mol. The minimum atomic E-state index is -0.502. The number of amides is 1. The van der Waals surface area contributed by atoms with Crippen molar-refractivity contribution in [3.05, 3.63) is 62.0 Å². The van der Waals surface area contributed by atoms with Gasteiger partial charge in [-0.05, 0) is 32.0 Å². The van der Waals surface area contributed by atoms with E-state index in [2.05, 4.69) is 10.3 Å². The number of rotatable bonds is 2. The van der Waals surface area contributed by atoms with E-state index in [9.17, 15) is 9.59 Å². The number of nitrogens with one attached hydrogen (secondary N) is 1. The Morgan fingerprint density at radius 2 is 2.14 bits per heavy atom. The van der Waals surface area contributed by atoms with Crippen LogP contribution in [0.15, 0.2) is 35.3 Å². The number of hydrogen-bond acceptors (Lipinski definition) is 4. The van der Waals surface area contributed by atoms with E-state index in [0.717, 1.165) is 10.6 Å². The minimum absolute atomic E-state index is 0.00150. The van der Waals surface area contributed by atoms with Gasteiger partial charge in [0.05, 0.1) is 0 Å². The first-order valence-corrected chi connectivity index (χ1v) is 7.71. The van der Waals surface area contributed by atoms with Gasteiger partial charge in [-0.1, -0.05) is 17.7 Å². The summed E-state index contributed by atoms with van der Waals surface area (Å²) in [6, 6.07) is 6.74. The third-order valence-corrected chi connectivity index (χ3v) is 4.65. The van der Waals surface area contributed by atoms with E-state index in [0.29, 0.717) is 15.7 Å². The van der Waals surface area contributed by atoms with Gasteiger partial charge in [0, 0.05) is 27.5 Å². The molecule has 0 radical (unpaired) electrons. The van der Waals surface area contributed by atoms with Crippen molar-refractivity contribution in [2.24, 2.45) is 0 Å². The average Bonchev–Trinajstić information content (AvgIpc) is 2.75. The molecule has 0 spiro atoms. The molecular weight excluding hydrogens is 322 g/mol. The summed E-state index contributed by atoms with van der Waals surface area (Å²) in [5.74, 6) is -0.502. The first-order chi connectivity index (χ1) is 10.5. The van der Waals surface area contributed by atoms with Gasteiger partial charge in [-0.3, -0.25) is 14.0 Å². The summed E-state index contributed by atoms with van der Waals surface area (Å²) < 4.78 is 1.47. The second kappa shape index (κ2) is 5.55. The van der Waals surface area contributed by atoms with Gasteiger partial charge in [0.15, 0.2) is 4.96 Å². The van der Waals surface area contributed by atoms with Gasteiger partial charge in [-0.25, -0.2) is 4.98 Å². The predicted molar refractivity (Wildman–Crippen MR) is 88.2 cm³/mol. The van der Waals surface area contributed by atoms with E-state index in [1.54, 1.807) is 24.3 Å². The number of halogens is 1. The van der Waals surface area contributed by atoms with Gasteiger partial charge in [0.2, 0.25) is 0 Å². The Morgan fingerprint density at radius 3 is 2.86 bits per heavy atom. The van der Waals surface area contributed by atoms with E-state index in [1.165, 1.54) is 21.9 Å². The van der Waals surface area contributed by atoms with Crippen LogP contribution in [0.5, 0.6) is 0 Å². The van der Waals surface area contributed by atoms with Crippen LogP contribution in [0.2, 0.25) is 5.02 Å². The zero-order valence-corrected chi connectivity index (χ0v) is 13.5. The zero-order valence-electron chi connectivity index (χ0n) is 11.9. The molecule has 0 aliphatic rings. The highest BCUT2D eigenvalue weighted by atomic mass is 35.5. The molecule has 22 heavy (non-hydrogen) atoms. The molecule has 2 aromatic heterocycles. The Balaban J connectivity index is 2.03. The molecule has 0 unspecified atom stereocenters. The van der Waals surface area contributed by atoms with Crippen LogP contribution in [-0.2, 0) is 0 Å². The third-order valence-electron chi connectivity index (χ3n) is 3.35. The van der Waals surface area contributed by atoms with E-state index in [1.807, 2.05) is 13.8 Å². The van der Waals surface area contributed by atoms with Gasteiger partial charge >= 0.3 is 0 Å². The molecule has 1 N–H and O–H groups in total. The van der Waals surface area contributed by atoms with E-state index in [4.69, 9.17) is 11.6 Å². The number of hydrogen-bond donors (Lipinski definition) is 1. The van der Waals surface area contributed by atoms with Crippen molar-refractivity contribution in [3.63, 3.8) is 0 Å². The molecule has 0 aliphatic carbocycles. The number of carbonyl (C=O) groups excluding carboxylic acids is 1. The molecule has 0 saturated heterocycles. The van der Waals surface area contributed by atoms with E-state index in [-0.39, 0.29) is 11.1 Å². The summed E-state index contributed by atoms with van der Waals surface area (Å²) in [5.41, 5.74) is 0.958. The maximum absolute atomic E-state index is 12.5. The topological polar surface area (TPSA) is 63.5 Å². The molecule has 1 aromatic carbocycles. The Bertz CT molecular complexity index is 946. The molecular formula is C15H12ClN3O2S. The Morgan fingerprint density at radius 1 is 1.36 bits per heavy atom. The van der Waals surface area contributed by atoms with Crippen molar-refractivity contribution in [2.45, 2.75) is 13.8 Å². The zero-order chi connectivity index (χ0) is 15.9. The molecule has 0 saturated carbocycles. The summed E-state index contributed by atoms with van der Waals surface area (Å²) >= 11 is 7.30. The number of carbonyl (C=O) groups is 1. The second-order valence-corrected chi connectivity index (χ2v) is 6.42. The molecule has 1 amide bonds. The van der Waals surface area contributed by atoms with Crippen LogP contribution < -0.4 is 10.9 Å². The normalized spacial score (nSPS) is 10.9. The summed E-state index contributed by atoms with van der Waals surface area (Å²) in [5, 5.41) is 3.16. The van der Waals surface area contributed by atoms with Crippen LogP contribution in [0.1, 0.15) is 20.9 Å². The fraction of sp³-hybridized carbons (Fsp3) is 0.133. The van der Waals surface area contributed by atoms with Gasteiger partial charge < -0.3 is 5.32 Å². The van der Waals surface area contributed by atoms with Crippen molar-refractivity contribution in [1.29, 1.82) is 0 Å². The van der Waals surface area contributed by atoms with Gasteiger partial charge in [-0.15, -0.1) is 11.3 Å². The van der Waals surface area contributed by atoms with Crippen molar-refractivity contribution in [2.75, 3.05) is 5.32 Å². The maximum Gasteiger partial charge on any atom is 0.271 e. The molecule has 0 fully saturated rings. The molecule has 2 heterocycles. The van der Waals surface area contributed by atoms with Crippen LogP contribution in [0.3, 0.4) is 0 Å². The molecule has 0 bridgehead atoms. The Hall–Kier alpha value is -2.18. The summed E-state index contributed by atoms with van der Waals surface area (Å²) in [4.78, 5) is 30.6. The molecule has 7 heteroatoms. The summed E-state index contributed by atoms with van der Waals surface area (Å²) in [6.07, 6.45) is 1.31. The standard InChI is InChI=1S/C15H12ClN3O2S/c1-8-9(2)22-15-17-7-12(14(21)19(8)15)13(20)18-11-5-3-4-10(16)6-11/h3-7H,1-2H3,(H,18,20). The first-order valence-electron chi connectivity index (χ1n) is 6.52. The van der Waals surface area contributed by atoms with Crippen molar-refractivity contribution in [1.82, 2.24) is 9.38 Å². The number of thiazole rings is 1. The number of aryl methyl sites for hydroxylation is 2. The lowest BCUT2D eigenvalue weighted by Crippen LogP contribution is -2.26. The van der Waals surface area contributed by atoms with Gasteiger partial charge in [0.25, 0.3) is 11.5 Å². The van der Waals surface area contributed by atoms with Crippen LogP contribution >= 0.6 is 22.9 Å². The fourth-order valence-corrected chi connectivity index (χ4v) is 3.22. The monoisotopic (exact) mass is 333 g/mol. The molecule has 3 aromatic rings. The summed E-state index contributed by atoms with van der Waals surface area (Å²) in [7, 11) is 0. The van der Waals surface area contributed by atoms with Crippen molar-refractivity contribution in [3.8, 4) is 0 Å². The third kappa shape index (κ3) is 2.51. The van der Waals surface area contributed by atoms with Crippen LogP contribution in [0.25, 0.3) is 4.96 Å². The molecule has 0 atom stereocenters. The largest absolute Gasteiger partial charge is 0.322 e. The lowest BCUT2D eigenvalue weighted by Gasteiger charge is -2.05. The number of anilines is 1. The molecule has 112 valence electrons. The summed E-state index contributed by atoms with van der Waals surface area (Å²) in [6.45, 7) is 3.75. The Kier molecular flexibility index (Phi) is 3.72. The quantitative estimate of drug-likeness (QED) is 0.782. The predicted octanol–water partition coefficient (Wildman–Crippen LogP) is 3.28. The van der Waals surface area contributed by atoms with E-state index < -0.39 is 5.91 Å². The van der Waals surface area contributed by atoms with Crippen molar-refractivity contribution >= 4 is 39.5 Å². The smallest absolute Gasteiger partial charge is 0.271 e. The number of fused-ring (bicyclic) bond motifs is 1. The van der Waals surface area contributed by atoms with Gasteiger partial charge in [-0.2, -0.15) is 0 Å². The van der Waals surface area contributed by atoms with Crippen LogP contribution in [0, 0.1) is 13.8 Å². The lowest BCUT2D eigenvalue weighted by atomic mass is 10.2. The number of nitrogens with zero attached hydrogens (tertiary/aromatic N) is 2. The maximum atomic E-state index is 12.5. The number of aromatic nitrogens is 2. The first kappa shape index (κ1) is 14.7. The highest BCUT2D eigenvalue weighted by Crippen LogP contribution is 2.19. The van der Waals surface area contributed by atoms with Crippen LogP contribution in [0.4, 0.5) is 5.69 Å². The minimum Gasteiger partial charge on any atom is -0.322 e. The SMILES string of the molecule is Cc1sc2ncc(C(=O)Nc3cccc(Cl)c3)c(=O)n2c1C. The second-order valence-electron chi connectivity index (χ2n) is 4.80. The van der Waals surface area contributed by atoms with Crippen LogP contribution in [-0.4, -0.2) is 15.3 Å². The molecule has 0 aliphatic heterocycles. The highest BCUT2D eigenvalue weighted by Gasteiger charge is 2.16. The molecule has 3 rings (SSSR count). The fourth-order valence-electron chi connectivity index (χ4n) is 2.10. The Labute approximate surface area is 135 Å². The highest BCUT2D eigenvalue weighted by molar-refractivity contribution is 7.17. The molecule has 5 nitrogen and oxygen atoms in total. The number of benzene rings is 1.